The molecule has 132 valence electrons. The SMILES string of the molecule is Cn1ccnc1SCC(=O)N1CCC(C(=O)Nc2ccccc2)CC1. The Labute approximate surface area is 151 Å². The lowest BCUT2D eigenvalue weighted by atomic mass is 9.96. The second-order valence-corrected chi connectivity index (χ2v) is 7.06. The molecule has 2 aromatic rings. The van der Waals surface area contributed by atoms with Gasteiger partial charge >= 0.3 is 0 Å². The summed E-state index contributed by atoms with van der Waals surface area (Å²) in [5.41, 5.74) is 0.817. The number of aryl methyl sites for hydroxylation is 1. The lowest BCUT2D eigenvalue weighted by Crippen LogP contribution is -2.42. The number of nitrogens with zero attached hydrogens (tertiary/aromatic N) is 3. The fourth-order valence-corrected chi connectivity index (χ4v) is 3.70. The first-order chi connectivity index (χ1) is 12.1. The molecule has 3 rings (SSSR count). The smallest absolute Gasteiger partial charge is 0.233 e. The van der Waals surface area contributed by atoms with Gasteiger partial charge in [-0.25, -0.2) is 4.98 Å². The summed E-state index contributed by atoms with van der Waals surface area (Å²) in [6.45, 7) is 1.26. The minimum Gasteiger partial charge on any atom is -0.342 e. The molecule has 0 saturated carbocycles. The highest BCUT2D eigenvalue weighted by molar-refractivity contribution is 7.99. The first-order valence-corrected chi connectivity index (χ1v) is 9.36. The molecule has 1 fully saturated rings. The van der Waals surface area contributed by atoms with Crippen molar-refractivity contribution in [3.05, 3.63) is 42.7 Å². The van der Waals surface area contributed by atoms with Gasteiger partial charge in [0.2, 0.25) is 11.8 Å². The van der Waals surface area contributed by atoms with E-state index in [1.54, 1.807) is 6.20 Å². The van der Waals surface area contributed by atoms with E-state index in [9.17, 15) is 9.59 Å². The van der Waals surface area contributed by atoms with Crippen molar-refractivity contribution in [1.29, 1.82) is 0 Å². The molecule has 0 spiro atoms. The van der Waals surface area contributed by atoms with Gasteiger partial charge in [0, 0.05) is 44.1 Å². The van der Waals surface area contributed by atoms with Gasteiger partial charge in [-0.1, -0.05) is 30.0 Å². The van der Waals surface area contributed by atoms with E-state index < -0.39 is 0 Å². The van der Waals surface area contributed by atoms with Crippen LogP contribution in [-0.4, -0.2) is 45.1 Å². The monoisotopic (exact) mass is 358 g/mol. The van der Waals surface area contributed by atoms with Gasteiger partial charge in [-0.15, -0.1) is 0 Å². The maximum absolute atomic E-state index is 12.3. The van der Waals surface area contributed by atoms with Crippen LogP contribution in [0.3, 0.4) is 0 Å². The Morgan fingerprint density at radius 1 is 1.24 bits per heavy atom. The highest BCUT2D eigenvalue weighted by Gasteiger charge is 2.27. The number of hydrogen-bond donors (Lipinski definition) is 1. The molecule has 1 aliphatic rings. The van der Waals surface area contributed by atoms with Crippen LogP contribution in [0.2, 0.25) is 0 Å². The number of piperidine rings is 1. The average molecular weight is 358 g/mol. The van der Waals surface area contributed by atoms with E-state index in [1.165, 1.54) is 11.8 Å². The van der Waals surface area contributed by atoms with Crippen LogP contribution in [0, 0.1) is 5.92 Å². The van der Waals surface area contributed by atoms with Crippen LogP contribution in [0.15, 0.2) is 47.9 Å². The van der Waals surface area contributed by atoms with Gasteiger partial charge in [0.1, 0.15) is 0 Å². The maximum atomic E-state index is 12.3. The van der Waals surface area contributed by atoms with Gasteiger partial charge in [-0.05, 0) is 25.0 Å². The Kier molecular flexibility index (Phi) is 5.75. The molecule has 1 aromatic carbocycles. The van der Waals surface area contributed by atoms with E-state index in [2.05, 4.69) is 10.3 Å². The molecule has 0 radical (unpaired) electrons. The fraction of sp³-hybridized carbons (Fsp3) is 0.389. The Balaban J connectivity index is 1.44. The second-order valence-electron chi connectivity index (χ2n) is 6.12. The molecule has 2 amide bonds. The highest BCUT2D eigenvalue weighted by atomic mass is 32.2. The lowest BCUT2D eigenvalue weighted by Gasteiger charge is -2.31. The molecule has 0 unspecified atom stereocenters. The van der Waals surface area contributed by atoms with E-state index in [-0.39, 0.29) is 17.7 Å². The van der Waals surface area contributed by atoms with E-state index in [1.807, 2.05) is 53.0 Å². The Bertz CT molecular complexity index is 724. The molecule has 1 N–H and O–H groups in total. The van der Waals surface area contributed by atoms with Crippen molar-refractivity contribution in [2.75, 3.05) is 24.2 Å². The Morgan fingerprint density at radius 2 is 1.96 bits per heavy atom. The van der Waals surface area contributed by atoms with Crippen molar-refractivity contribution < 1.29 is 9.59 Å². The van der Waals surface area contributed by atoms with Crippen molar-refractivity contribution in [2.24, 2.45) is 13.0 Å². The molecule has 7 heteroatoms. The first kappa shape index (κ1) is 17.5. The molecule has 0 aliphatic carbocycles. The van der Waals surface area contributed by atoms with Crippen LogP contribution in [0.5, 0.6) is 0 Å². The summed E-state index contributed by atoms with van der Waals surface area (Å²) in [4.78, 5) is 30.7. The second kappa shape index (κ2) is 8.20. The van der Waals surface area contributed by atoms with Crippen LogP contribution < -0.4 is 5.32 Å². The van der Waals surface area contributed by atoms with Crippen LogP contribution in [-0.2, 0) is 16.6 Å². The minimum absolute atomic E-state index is 0.0357. The van der Waals surface area contributed by atoms with Gasteiger partial charge in [0.25, 0.3) is 0 Å². The molecule has 6 nitrogen and oxygen atoms in total. The third-order valence-electron chi connectivity index (χ3n) is 4.36. The maximum Gasteiger partial charge on any atom is 0.233 e. The lowest BCUT2D eigenvalue weighted by molar-refractivity contribution is -0.132. The van der Waals surface area contributed by atoms with E-state index in [0.29, 0.717) is 31.7 Å². The van der Waals surface area contributed by atoms with Crippen molar-refractivity contribution in [3.63, 3.8) is 0 Å². The molecule has 2 heterocycles. The molecule has 0 bridgehead atoms. The van der Waals surface area contributed by atoms with Crippen molar-refractivity contribution in [1.82, 2.24) is 14.5 Å². The summed E-state index contributed by atoms with van der Waals surface area (Å²) in [7, 11) is 1.91. The number of likely N-dealkylation sites (tertiary alicyclic amines) is 1. The zero-order chi connectivity index (χ0) is 17.6. The number of amides is 2. The summed E-state index contributed by atoms with van der Waals surface area (Å²) in [6, 6.07) is 9.48. The third kappa shape index (κ3) is 4.63. The quantitative estimate of drug-likeness (QED) is 0.834. The molecule has 1 aromatic heterocycles. The minimum atomic E-state index is -0.0357. The van der Waals surface area contributed by atoms with Crippen molar-refractivity contribution >= 4 is 29.3 Å². The largest absolute Gasteiger partial charge is 0.342 e. The number of imidazole rings is 1. The number of benzene rings is 1. The van der Waals surface area contributed by atoms with E-state index in [4.69, 9.17) is 0 Å². The van der Waals surface area contributed by atoms with Crippen molar-refractivity contribution in [2.45, 2.75) is 18.0 Å². The Morgan fingerprint density at radius 3 is 2.60 bits per heavy atom. The number of thioether (sulfide) groups is 1. The molecular weight excluding hydrogens is 336 g/mol. The van der Waals surface area contributed by atoms with Gasteiger partial charge in [-0.2, -0.15) is 0 Å². The van der Waals surface area contributed by atoms with Gasteiger partial charge in [0.15, 0.2) is 5.16 Å². The molecule has 1 saturated heterocycles. The van der Waals surface area contributed by atoms with E-state index >= 15 is 0 Å². The van der Waals surface area contributed by atoms with Crippen LogP contribution >= 0.6 is 11.8 Å². The topological polar surface area (TPSA) is 67.2 Å². The molecular formula is C18H22N4O2S. The first-order valence-electron chi connectivity index (χ1n) is 8.37. The molecule has 25 heavy (non-hydrogen) atoms. The summed E-state index contributed by atoms with van der Waals surface area (Å²) in [5, 5.41) is 3.79. The summed E-state index contributed by atoms with van der Waals surface area (Å²) in [6.07, 6.45) is 5.00. The average Bonchev–Trinajstić information content (AvgIpc) is 3.05. The van der Waals surface area contributed by atoms with Crippen LogP contribution in [0.1, 0.15) is 12.8 Å². The number of carbonyl (C=O) groups is 2. The highest BCUT2D eigenvalue weighted by Crippen LogP contribution is 2.21. The number of rotatable bonds is 5. The normalized spacial score (nSPS) is 15.2. The predicted molar refractivity (Wildman–Crippen MR) is 98.3 cm³/mol. The van der Waals surface area contributed by atoms with Gasteiger partial charge < -0.3 is 14.8 Å². The van der Waals surface area contributed by atoms with Gasteiger partial charge in [-0.3, -0.25) is 9.59 Å². The third-order valence-corrected chi connectivity index (χ3v) is 5.40. The summed E-state index contributed by atoms with van der Waals surface area (Å²) in [5.74, 6) is 0.494. The number of carbonyl (C=O) groups excluding carboxylic acids is 2. The van der Waals surface area contributed by atoms with E-state index in [0.717, 1.165) is 10.8 Å². The van der Waals surface area contributed by atoms with Crippen LogP contribution in [0.25, 0.3) is 0 Å². The van der Waals surface area contributed by atoms with Crippen molar-refractivity contribution in [3.8, 4) is 0 Å². The number of para-hydroxylation sites is 1. The number of nitrogens with one attached hydrogen (secondary N) is 1. The predicted octanol–water partition coefficient (Wildman–Crippen LogP) is 2.39. The van der Waals surface area contributed by atoms with Gasteiger partial charge in [0.05, 0.1) is 5.75 Å². The standard InChI is InChI=1S/C18H22N4O2S/c1-21-12-9-19-18(21)25-13-16(23)22-10-7-14(8-11-22)17(24)20-15-5-3-2-4-6-15/h2-6,9,12,14H,7-8,10-11,13H2,1H3,(H,20,24). The molecule has 0 atom stereocenters. The summed E-state index contributed by atoms with van der Waals surface area (Å²) < 4.78 is 1.90. The molecule has 1 aliphatic heterocycles. The van der Waals surface area contributed by atoms with Crippen LogP contribution in [0.4, 0.5) is 5.69 Å². The zero-order valence-electron chi connectivity index (χ0n) is 14.2. The number of anilines is 1. The number of hydrogen-bond acceptors (Lipinski definition) is 4. The summed E-state index contributed by atoms with van der Waals surface area (Å²) >= 11 is 1.45. The zero-order valence-corrected chi connectivity index (χ0v) is 15.0. The number of aromatic nitrogens is 2. The fourth-order valence-electron chi connectivity index (χ4n) is 2.87. The Hall–Kier alpha value is -2.28.